The van der Waals surface area contributed by atoms with Gasteiger partial charge in [0.2, 0.25) is 0 Å². The first-order chi connectivity index (χ1) is 9.66. The third-order valence-corrected chi connectivity index (χ3v) is 2.97. The highest BCUT2D eigenvalue weighted by Gasteiger charge is 2.17. The Kier molecular flexibility index (Phi) is 4.89. The summed E-state index contributed by atoms with van der Waals surface area (Å²) in [5, 5.41) is 13.5. The van der Waals surface area contributed by atoms with Gasteiger partial charge in [0.25, 0.3) is 5.91 Å². The van der Waals surface area contributed by atoms with Crippen LogP contribution in [0.3, 0.4) is 0 Å². The van der Waals surface area contributed by atoms with Gasteiger partial charge in [0.05, 0.1) is 11.0 Å². The van der Waals surface area contributed by atoms with E-state index in [0.29, 0.717) is 6.54 Å². The molecule has 2 rings (SSSR count). The highest BCUT2D eigenvalue weighted by molar-refractivity contribution is 5.77. The summed E-state index contributed by atoms with van der Waals surface area (Å²) in [6.45, 7) is 0.921. The van der Waals surface area contributed by atoms with Crippen LogP contribution < -0.4 is 10.1 Å². The molecule has 1 saturated heterocycles. The number of hydrogen-bond acceptors (Lipinski definition) is 5. The zero-order valence-corrected chi connectivity index (χ0v) is 10.9. The third-order valence-electron chi connectivity index (χ3n) is 2.97. The molecule has 0 aliphatic carbocycles. The largest absolute Gasteiger partial charge is 0.477 e. The molecule has 1 aromatic carbocycles. The number of nitrogens with one attached hydrogen (secondary N) is 1. The van der Waals surface area contributed by atoms with Crippen LogP contribution in [0.5, 0.6) is 5.75 Å². The summed E-state index contributed by atoms with van der Waals surface area (Å²) < 4.78 is 10.6. The average molecular weight is 280 g/mol. The number of para-hydroxylation sites is 2. The van der Waals surface area contributed by atoms with Crippen molar-refractivity contribution in [3.63, 3.8) is 0 Å². The lowest BCUT2D eigenvalue weighted by molar-refractivity contribution is -0.385. The Hall–Kier alpha value is -2.15. The average Bonchev–Trinajstić information content (AvgIpc) is 2.96. The molecule has 0 bridgehead atoms. The van der Waals surface area contributed by atoms with Gasteiger partial charge in [-0.25, -0.2) is 0 Å². The lowest BCUT2D eigenvalue weighted by Gasteiger charge is -2.11. The Balaban J connectivity index is 1.79. The predicted molar refractivity (Wildman–Crippen MR) is 70.6 cm³/mol. The van der Waals surface area contributed by atoms with Crippen molar-refractivity contribution in [3.8, 4) is 5.75 Å². The first kappa shape index (κ1) is 14.3. The maximum Gasteiger partial charge on any atom is 0.310 e. The van der Waals surface area contributed by atoms with E-state index >= 15 is 0 Å². The second-order valence-electron chi connectivity index (χ2n) is 4.45. The Morgan fingerprint density at radius 1 is 1.50 bits per heavy atom. The van der Waals surface area contributed by atoms with Gasteiger partial charge in [-0.05, 0) is 18.9 Å². The molecule has 0 spiro atoms. The molecule has 1 heterocycles. The Morgan fingerprint density at radius 2 is 2.30 bits per heavy atom. The van der Waals surface area contributed by atoms with Crippen molar-refractivity contribution < 1.29 is 19.2 Å². The van der Waals surface area contributed by atoms with Gasteiger partial charge in [-0.15, -0.1) is 0 Å². The van der Waals surface area contributed by atoms with Crippen LogP contribution in [0.4, 0.5) is 5.69 Å². The fourth-order valence-corrected chi connectivity index (χ4v) is 1.96. The van der Waals surface area contributed by atoms with Crippen molar-refractivity contribution in [3.05, 3.63) is 34.4 Å². The van der Waals surface area contributed by atoms with Gasteiger partial charge < -0.3 is 14.8 Å². The Labute approximate surface area is 116 Å². The minimum absolute atomic E-state index is 0.0602. The lowest BCUT2D eigenvalue weighted by atomic mass is 10.2. The van der Waals surface area contributed by atoms with E-state index in [-0.39, 0.29) is 30.1 Å². The highest BCUT2D eigenvalue weighted by Crippen LogP contribution is 2.25. The number of nitro benzene ring substituents is 1. The van der Waals surface area contributed by atoms with Crippen molar-refractivity contribution in [2.24, 2.45) is 0 Å². The summed E-state index contributed by atoms with van der Waals surface area (Å²) >= 11 is 0. The van der Waals surface area contributed by atoms with Crippen molar-refractivity contribution >= 4 is 11.6 Å². The van der Waals surface area contributed by atoms with Gasteiger partial charge >= 0.3 is 5.69 Å². The van der Waals surface area contributed by atoms with E-state index in [1.54, 1.807) is 12.1 Å². The molecule has 7 nitrogen and oxygen atoms in total. The fraction of sp³-hybridized carbons (Fsp3) is 0.462. The summed E-state index contributed by atoms with van der Waals surface area (Å²) in [5.41, 5.74) is -0.153. The third kappa shape index (κ3) is 3.92. The number of nitrogens with zero attached hydrogens (tertiary/aromatic N) is 1. The van der Waals surface area contributed by atoms with Crippen LogP contribution in [0.25, 0.3) is 0 Å². The van der Waals surface area contributed by atoms with Gasteiger partial charge in [-0.1, -0.05) is 12.1 Å². The number of ether oxygens (including phenoxy) is 2. The van der Waals surface area contributed by atoms with Gasteiger partial charge in [0.15, 0.2) is 12.4 Å². The standard InChI is InChI=1S/C13H16N2O5/c16-13(14-8-10-4-3-7-19-10)9-20-12-6-2-1-5-11(12)15(17)18/h1-2,5-6,10H,3-4,7-9H2,(H,14,16)/t10-/m1/s1. The molecule has 1 fully saturated rings. The van der Waals surface area contributed by atoms with E-state index in [2.05, 4.69) is 5.32 Å². The summed E-state index contributed by atoms with van der Waals surface area (Å²) in [6, 6.07) is 5.96. The first-order valence-corrected chi connectivity index (χ1v) is 6.41. The fourth-order valence-electron chi connectivity index (χ4n) is 1.96. The Bertz CT molecular complexity index is 485. The zero-order valence-electron chi connectivity index (χ0n) is 10.9. The van der Waals surface area contributed by atoms with Gasteiger partial charge in [0, 0.05) is 19.2 Å². The maximum atomic E-state index is 11.6. The van der Waals surface area contributed by atoms with E-state index in [0.717, 1.165) is 19.4 Å². The van der Waals surface area contributed by atoms with Crippen LogP contribution in [0.1, 0.15) is 12.8 Å². The maximum absolute atomic E-state index is 11.6. The molecule has 1 N–H and O–H groups in total. The van der Waals surface area contributed by atoms with Crippen molar-refractivity contribution in [1.82, 2.24) is 5.32 Å². The molecule has 0 aromatic heterocycles. The van der Waals surface area contributed by atoms with Crippen molar-refractivity contribution in [2.45, 2.75) is 18.9 Å². The Morgan fingerprint density at radius 3 is 3.00 bits per heavy atom. The van der Waals surface area contributed by atoms with Gasteiger partial charge in [-0.3, -0.25) is 14.9 Å². The number of carbonyl (C=O) groups is 1. The summed E-state index contributed by atoms with van der Waals surface area (Å²) in [4.78, 5) is 21.8. The van der Waals surface area contributed by atoms with Crippen LogP contribution in [-0.4, -0.2) is 36.7 Å². The van der Waals surface area contributed by atoms with Crippen LogP contribution in [0.15, 0.2) is 24.3 Å². The molecule has 1 atom stereocenters. The van der Waals surface area contributed by atoms with Crippen LogP contribution in [0.2, 0.25) is 0 Å². The van der Waals surface area contributed by atoms with Crippen LogP contribution >= 0.6 is 0 Å². The smallest absolute Gasteiger partial charge is 0.310 e. The molecule has 20 heavy (non-hydrogen) atoms. The summed E-state index contributed by atoms with van der Waals surface area (Å²) in [7, 11) is 0. The molecule has 1 amide bonds. The molecular weight excluding hydrogens is 264 g/mol. The monoisotopic (exact) mass is 280 g/mol. The minimum atomic E-state index is -0.542. The molecule has 1 aromatic rings. The molecule has 1 aliphatic rings. The van der Waals surface area contributed by atoms with Gasteiger partial charge in [-0.2, -0.15) is 0 Å². The normalized spacial score (nSPS) is 17.7. The first-order valence-electron chi connectivity index (χ1n) is 6.41. The molecular formula is C13H16N2O5. The SMILES string of the molecule is O=C(COc1ccccc1[N+](=O)[O-])NC[C@H]1CCCO1. The molecule has 1 aliphatic heterocycles. The lowest BCUT2D eigenvalue weighted by Crippen LogP contribution is -2.35. The number of benzene rings is 1. The summed E-state index contributed by atoms with van der Waals surface area (Å²) in [5.74, 6) is -0.233. The number of nitro groups is 1. The quantitative estimate of drug-likeness (QED) is 0.626. The van der Waals surface area contributed by atoms with E-state index in [4.69, 9.17) is 9.47 Å². The van der Waals surface area contributed by atoms with Crippen LogP contribution in [-0.2, 0) is 9.53 Å². The predicted octanol–water partition coefficient (Wildman–Crippen LogP) is 1.27. The van der Waals surface area contributed by atoms with Crippen molar-refractivity contribution in [2.75, 3.05) is 19.8 Å². The minimum Gasteiger partial charge on any atom is -0.477 e. The molecule has 108 valence electrons. The number of hydrogen-bond donors (Lipinski definition) is 1. The van der Waals surface area contributed by atoms with E-state index in [1.165, 1.54) is 12.1 Å². The highest BCUT2D eigenvalue weighted by atomic mass is 16.6. The van der Waals surface area contributed by atoms with Crippen molar-refractivity contribution in [1.29, 1.82) is 0 Å². The number of rotatable bonds is 6. The molecule has 0 unspecified atom stereocenters. The number of amides is 1. The summed E-state index contributed by atoms with van der Waals surface area (Å²) in [6.07, 6.45) is 2.00. The van der Waals surface area contributed by atoms with Gasteiger partial charge in [0.1, 0.15) is 0 Å². The van der Waals surface area contributed by atoms with E-state index < -0.39 is 4.92 Å². The molecule has 0 radical (unpaired) electrons. The topological polar surface area (TPSA) is 90.7 Å². The second-order valence-corrected chi connectivity index (χ2v) is 4.45. The number of carbonyl (C=O) groups excluding carboxylic acids is 1. The van der Waals surface area contributed by atoms with E-state index in [1.807, 2.05) is 0 Å². The van der Waals surface area contributed by atoms with E-state index in [9.17, 15) is 14.9 Å². The second kappa shape index (κ2) is 6.85. The molecule has 7 heteroatoms. The molecule has 0 saturated carbocycles. The van der Waals surface area contributed by atoms with Crippen LogP contribution in [0, 0.1) is 10.1 Å². The zero-order chi connectivity index (χ0) is 14.4.